The summed E-state index contributed by atoms with van der Waals surface area (Å²) >= 11 is 0. The number of fused-ring (bicyclic) bond motifs is 1. The van der Waals surface area contributed by atoms with Crippen molar-refractivity contribution in [3.8, 4) is 0 Å². The highest BCUT2D eigenvalue weighted by Gasteiger charge is 2.51. The molecule has 5 heteroatoms. The second-order valence-corrected chi connectivity index (χ2v) is 5.37. The molecule has 102 valence electrons. The molecule has 2 aliphatic rings. The molecule has 0 bridgehead atoms. The molecule has 2 fully saturated rings. The summed E-state index contributed by atoms with van der Waals surface area (Å²) in [4.78, 5) is 11.6. The number of hydrogen-bond donors (Lipinski definition) is 1. The number of quaternary nitrogens is 1. The second-order valence-electron chi connectivity index (χ2n) is 5.37. The summed E-state index contributed by atoms with van der Waals surface area (Å²) in [5.41, 5.74) is 0.553. The van der Waals surface area contributed by atoms with Crippen molar-refractivity contribution in [2.45, 2.75) is 38.8 Å². The van der Waals surface area contributed by atoms with Gasteiger partial charge in [-0.1, -0.05) is 6.08 Å². The molecule has 1 N–H and O–H groups in total. The Hall–Kier alpha value is -0.910. The van der Waals surface area contributed by atoms with Gasteiger partial charge < -0.3 is 19.7 Å². The number of carbonyl (C=O) groups excluding carboxylic acids is 1. The lowest BCUT2D eigenvalue weighted by Gasteiger charge is -2.39. The fraction of sp³-hybridized carbons (Fsp3) is 0.769. The van der Waals surface area contributed by atoms with Crippen LogP contribution in [0.4, 0.5) is 0 Å². The van der Waals surface area contributed by atoms with E-state index in [0.717, 1.165) is 12.8 Å². The van der Waals surface area contributed by atoms with E-state index in [9.17, 15) is 15.1 Å². The highest BCUT2D eigenvalue weighted by atomic mass is 16.6. The molecule has 0 radical (unpaired) electrons. The molecule has 0 aromatic heterocycles. The molecule has 4 atom stereocenters. The van der Waals surface area contributed by atoms with E-state index in [4.69, 9.17) is 4.74 Å². The van der Waals surface area contributed by atoms with Crippen LogP contribution in [0.25, 0.3) is 0 Å². The normalized spacial score (nSPS) is 39.8. The number of allylic oxidation sites excluding steroid dienone is 1. The summed E-state index contributed by atoms with van der Waals surface area (Å²) in [5.74, 6) is -0.572. The van der Waals surface area contributed by atoms with Gasteiger partial charge in [0.05, 0.1) is 18.5 Å². The van der Waals surface area contributed by atoms with Crippen molar-refractivity contribution in [3.05, 3.63) is 16.9 Å². The van der Waals surface area contributed by atoms with E-state index in [1.165, 1.54) is 0 Å². The Kier molecular flexibility index (Phi) is 3.75. The molecule has 0 aliphatic carbocycles. The van der Waals surface area contributed by atoms with Crippen molar-refractivity contribution < 1.29 is 19.3 Å². The molecular formula is C13H21NO4. The maximum Gasteiger partial charge on any atom is 0.333 e. The van der Waals surface area contributed by atoms with Crippen LogP contribution in [0.1, 0.15) is 26.7 Å². The Bertz CT molecular complexity index is 368. The van der Waals surface area contributed by atoms with E-state index < -0.39 is 6.10 Å². The Morgan fingerprint density at radius 3 is 3.00 bits per heavy atom. The van der Waals surface area contributed by atoms with Crippen LogP contribution < -0.4 is 0 Å². The van der Waals surface area contributed by atoms with Gasteiger partial charge in [0.25, 0.3) is 0 Å². The Labute approximate surface area is 107 Å². The summed E-state index contributed by atoms with van der Waals surface area (Å²) in [7, 11) is 0. The third kappa shape index (κ3) is 2.30. The quantitative estimate of drug-likeness (QED) is 0.353. The van der Waals surface area contributed by atoms with E-state index in [2.05, 4.69) is 0 Å². The first-order valence-electron chi connectivity index (χ1n) is 6.54. The smallest absolute Gasteiger partial charge is 0.333 e. The molecule has 18 heavy (non-hydrogen) atoms. The average Bonchev–Trinajstić information content (AvgIpc) is 2.79. The summed E-state index contributed by atoms with van der Waals surface area (Å²) < 4.78 is 4.89. The molecule has 0 aromatic rings. The minimum Gasteiger partial charge on any atom is -0.633 e. The monoisotopic (exact) mass is 255 g/mol. The largest absolute Gasteiger partial charge is 0.633 e. The van der Waals surface area contributed by atoms with Gasteiger partial charge in [-0.25, -0.2) is 4.79 Å². The van der Waals surface area contributed by atoms with Crippen molar-refractivity contribution in [2.24, 2.45) is 5.92 Å². The van der Waals surface area contributed by atoms with Crippen LogP contribution >= 0.6 is 0 Å². The molecule has 2 saturated heterocycles. The number of carbonyl (C=O) groups is 1. The number of aliphatic hydroxyl groups is 1. The van der Waals surface area contributed by atoms with Crippen molar-refractivity contribution in [1.82, 2.24) is 0 Å². The van der Waals surface area contributed by atoms with Crippen LogP contribution in [0, 0.1) is 11.1 Å². The topological polar surface area (TPSA) is 69.6 Å². The summed E-state index contributed by atoms with van der Waals surface area (Å²) in [6.07, 6.45) is 2.77. The van der Waals surface area contributed by atoms with Crippen molar-refractivity contribution in [3.63, 3.8) is 0 Å². The van der Waals surface area contributed by atoms with Crippen LogP contribution in [0.5, 0.6) is 0 Å². The van der Waals surface area contributed by atoms with Gasteiger partial charge in [-0.3, -0.25) is 0 Å². The van der Waals surface area contributed by atoms with E-state index in [1.54, 1.807) is 19.9 Å². The zero-order valence-corrected chi connectivity index (χ0v) is 11.0. The lowest BCUT2D eigenvalue weighted by molar-refractivity contribution is -0.882. The number of rotatable bonds is 3. The first kappa shape index (κ1) is 13.5. The maximum absolute atomic E-state index is 12.3. The molecule has 0 amide bonds. The van der Waals surface area contributed by atoms with Crippen molar-refractivity contribution in [2.75, 3.05) is 19.7 Å². The third-order valence-electron chi connectivity index (χ3n) is 4.29. The first-order chi connectivity index (χ1) is 8.48. The van der Waals surface area contributed by atoms with Gasteiger partial charge in [0.1, 0.15) is 19.3 Å². The van der Waals surface area contributed by atoms with E-state index >= 15 is 0 Å². The van der Waals surface area contributed by atoms with E-state index in [0.29, 0.717) is 12.1 Å². The van der Waals surface area contributed by atoms with Gasteiger partial charge in [-0.15, -0.1) is 0 Å². The Balaban J connectivity index is 1.95. The average molecular weight is 255 g/mol. The minimum absolute atomic E-state index is 0.0984. The number of ether oxygens (including phenoxy) is 1. The van der Waals surface area contributed by atoms with Crippen LogP contribution in [0.2, 0.25) is 0 Å². The molecule has 0 aromatic carbocycles. The predicted molar refractivity (Wildman–Crippen MR) is 66.3 cm³/mol. The zero-order valence-electron chi connectivity index (χ0n) is 11.0. The summed E-state index contributed by atoms with van der Waals surface area (Å²) in [5, 5.41) is 22.3. The van der Waals surface area contributed by atoms with E-state index in [-0.39, 0.29) is 35.7 Å². The SMILES string of the molecule is CC=C(C)C(=O)OCC1C(O)C[N+]2([O-])CCCC12. The lowest BCUT2D eigenvalue weighted by Crippen LogP contribution is -2.43. The van der Waals surface area contributed by atoms with Crippen molar-refractivity contribution in [1.29, 1.82) is 0 Å². The maximum atomic E-state index is 12.3. The lowest BCUT2D eigenvalue weighted by atomic mass is 9.97. The molecule has 2 heterocycles. The fourth-order valence-electron chi connectivity index (χ4n) is 3.09. The van der Waals surface area contributed by atoms with Gasteiger partial charge >= 0.3 is 5.97 Å². The highest BCUT2D eigenvalue weighted by molar-refractivity contribution is 5.87. The van der Waals surface area contributed by atoms with Gasteiger partial charge in [-0.05, 0) is 13.8 Å². The number of nitrogens with zero attached hydrogens (tertiary/aromatic N) is 1. The van der Waals surface area contributed by atoms with Gasteiger partial charge in [0, 0.05) is 18.4 Å². The van der Waals surface area contributed by atoms with Gasteiger partial charge in [0.15, 0.2) is 0 Å². The molecule has 2 rings (SSSR count). The van der Waals surface area contributed by atoms with E-state index in [1.807, 2.05) is 0 Å². The highest BCUT2D eigenvalue weighted by Crippen LogP contribution is 2.39. The molecule has 4 unspecified atom stereocenters. The van der Waals surface area contributed by atoms with Crippen LogP contribution in [0.15, 0.2) is 11.6 Å². The number of hydrogen-bond acceptors (Lipinski definition) is 4. The zero-order chi connectivity index (χ0) is 13.3. The molecule has 0 spiro atoms. The fourth-order valence-corrected chi connectivity index (χ4v) is 3.09. The Morgan fingerprint density at radius 2 is 2.33 bits per heavy atom. The van der Waals surface area contributed by atoms with Gasteiger partial charge in [0.2, 0.25) is 0 Å². The van der Waals surface area contributed by atoms with Gasteiger partial charge in [-0.2, -0.15) is 0 Å². The second kappa shape index (κ2) is 4.99. The molecule has 2 aliphatic heterocycles. The number of hydroxylamine groups is 3. The predicted octanol–water partition coefficient (Wildman–Crippen LogP) is 0.963. The third-order valence-corrected chi connectivity index (χ3v) is 4.29. The van der Waals surface area contributed by atoms with Crippen LogP contribution in [-0.4, -0.2) is 47.6 Å². The standard InChI is InChI=1S/C13H21NO4/c1-3-9(2)13(16)18-8-10-11-5-4-6-14(11,17)7-12(10)15/h3,10-12,15H,4-8H2,1-2H3. The van der Waals surface area contributed by atoms with Crippen molar-refractivity contribution >= 4 is 5.97 Å². The van der Waals surface area contributed by atoms with Crippen LogP contribution in [0.3, 0.4) is 0 Å². The molecular weight excluding hydrogens is 234 g/mol. The first-order valence-corrected chi connectivity index (χ1v) is 6.54. The minimum atomic E-state index is -0.647. The molecule has 5 nitrogen and oxygen atoms in total. The summed E-state index contributed by atoms with van der Waals surface area (Å²) in [6, 6.07) is -0.0984. The Morgan fingerprint density at radius 1 is 1.61 bits per heavy atom. The summed E-state index contributed by atoms with van der Waals surface area (Å²) in [6.45, 7) is 4.45. The van der Waals surface area contributed by atoms with Crippen LogP contribution in [-0.2, 0) is 9.53 Å². The number of esters is 1. The molecule has 0 saturated carbocycles. The number of aliphatic hydroxyl groups excluding tert-OH is 1.